The van der Waals surface area contributed by atoms with Crippen molar-refractivity contribution in [1.29, 1.82) is 0 Å². The van der Waals surface area contributed by atoms with Crippen molar-refractivity contribution < 1.29 is 33.4 Å². The fourth-order valence-corrected chi connectivity index (χ4v) is 7.83. The van der Waals surface area contributed by atoms with Crippen LogP contribution in [0.2, 0.25) is 0 Å². The van der Waals surface area contributed by atoms with E-state index in [0.717, 1.165) is 59.2 Å². The van der Waals surface area contributed by atoms with E-state index in [9.17, 15) is 24.0 Å². The first kappa shape index (κ1) is 41.0. The number of alkyl carbamates (subject to hydrolysis) is 1. The van der Waals surface area contributed by atoms with Crippen LogP contribution >= 0.6 is 0 Å². The van der Waals surface area contributed by atoms with Crippen LogP contribution in [0.15, 0.2) is 59.7 Å². The van der Waals surface area contributed by atoms with Crippen molar-refractivity contribution in [3.63, 3.8) is 0 Å². The van der Waals surface area contributed by atoms with Crippen molar-refractivity contribution in [3.05, 3.63) is 65.9 Å². The molecule has 13 nitrogen and oxygen atoms in total. The number of methoxy groups -OCH3 is 2. The van der Waals surface area contributed by atoms with E-state index in [-0.39, 0.29) is 41.8 Å². The van der Waals surface area contributed by atoms with Crippen LogP contribution in [-0.2, 0) is 23.9 Å². The maximum atomic E-state index is 13.6. The second-order valence-electron chi connectivity index (χ2n) is 15.3. The molecule has 296 valence electrons. The highest BCUT2D eigenvalue weighted by molar-refractivity contribution is 6.04. The van der Waals surface area contributed by atoms with Gasteiger partial charge in [0, 0.05) is 36.8 Å². The minimum atomic E-state index is -0.725. The number of hydrogen-bond acceptors (Lipinski definition) is 8. The van der Waals surface area contributed by atoms with Crippen LogP contribution in [0.25, 0.3) is 16.7 Å². The summed E-state index contributed by atoms with van der Waals surface area (Å²) in [7, 11) is 2.54. The fourth-order valence-electron chi connectivity index (χ4n) is 7.83. The molecule has 0 spiro atoms. The summed E-state index contributed by atoms with van der Waals surface area (Å²) in [6, 6.07) is 15.1. The lowest BCUT2D eigenvalue weighted by Crippen LogP contribution is -2.54. The van der Waals surface area contributed by atoms with Gasteiger partial charge in [-0.15, -0.1) is 0 Å². The Hall–Kier alpha value is -5.20. The summed E-state index contributed by atoms with van der Waals surface area (Å²) in [6.07, 6.45) is 5.80. The molecule has 5 amide bonds. The molecule has 5 atom stereocenters. The average molecular weight is 757 g/mol. The molecule has 1 saturated carbocycles. The molecule has 1 aliphatic carbocycles. The van der Waals surface area contributed by atoms with Crippen molar-refractivity contribution in [1.82, 2.24) is 26.0 Å². The largest absolute Gasteiger partial charge is 0.453 e. The van der Waals surface area contributed by atoms with Crippen molar-refractivity contribution in [2.24, 2.45) is 22.7 Å². The summed E-state index contributed by atoms with van der Waals surface area (Å²) < 4.78 is 9.46. The molecule has 13 heteroatoms. The Morgan fingerprint density at radius 1 is 0.764 bits per heavy atom. The number of ether oxygens (including phenoxy) is 2. The van der Waals surface area contributed by atoms with E-state index in [0.29, 0.717) is 25.8 Å². The predicted molar refractivity (Wildman–Crippen MR) is 210 cm³/mol. The van der Waals surface area contributed by atoms with Gasteiger partial charge in [-0.2, -0.15) is 0 Å². The number of likely N-dealkylation sites (tertiary alicyclic amines) is 1. The SMILES string of the molecule is COC(=O)N[C@H](C(=O)N1CCC[C@H]1C1=NC=C(c2ccc(-c3ccc([C@@H](C)NC(=O)C4CCCC[C@H]4C(=O)N(NC(=O)OC)C(C)C)cc3)cc2)C1)C(C)C. The predicted octanol–water partition coefficient (Wildman–Crippen LogP) is 6.40. The van der Waals surface area contributed by atoms with Gasteiger partial charge in [0.25, 0.3) is 0 Å². The highest BCUT2D eigenvalue weighted by atomic mass is 16.5. The van der Waals surface area contributed by atoms with E-state index in [2.05, 4.69) is 40.3 Å². The van der Waals surface area contributed by atoms with Crippen LogP contribution in [0.5, 0.6) is 0 Å². The van der Waals surface area contributed by atoms with E-state index in [1.165, 1.54) is 19.2 Å². The molecule has 2 aromatic rings. The molecule has 2 heterocycles. The summed E-state index contributed by atoms with van der Waals surface area (Å²) >= 11 is 0. The summed E-state index contributed by atoms with van der Waals surface area (Å²) in [5.41, 5.74) is 8.67. The van der Waals surface area contributed by atoms with Crippen LogP contribution in [0.3, 0.4) is 0 Å². The van der Waals surface area contributed by atoms with Crippen molar-refractivity contribution >= 4 is 41.2 Å². The zero-order valence-corrected chi connectivity index (χ0v) is 33.1. The highest BCUT2D eigenvalue weighted by Gasteiger charge is 2.40. The second-order valence-corrected chi connectivity index (χ2v) is 15.3. The Balaban J connectivity index is 1.17. The van der Waals surface area contributed by atoms with Gasteiger partial charge in [-0.3, -0.25) is 19.4 Å². The number of nitrogens with zero attached hydrogens (tertiary/aromatic N) is 3. The molecule has 1 saturated heterocycles. The molecule has 1 unspecified atom stereocenters. The third kappa shape index (κ3) is 9.73. The first-order chi connectivity index (χ1) is 26.3. The van der Waals surface area contributed by atoms with Crippen molar-refractivity contribution in [3.8, 4) is 11.1 Å². The molecule has 0 radical (unpaired) electrons. The third-order valence-corrected chi connectivity index (χ3v) is 11.0. The number of rotatable bonds is 11. The van der Waals surface area contributed by atoms with Gasteiger partial charge in [-0.05, 0) is 80.2 Å². The number of carbonyl (C=O) groups is 5. The first-order valence-corrected chi connectivity index (χ1v) is 19.4. The number of carbonyl (C=O) groups excluding carboxylic acids is 5. The quantitative estimate of drug-likeness (QED) is 0.224. The van der Waals surface area contributed by atoms with Gasteiger partial charge in [0.15, 0.2) is 0 Å². The molecule has 3 aliphatic rings. The zero-order chi connectivity index (χ0) is 39.8. The Bertz CT molecular complexity index is 1770. The van der Waals surface area contributed by atoms with E-state index in [1.807, 2.05) is 56.1 Å². The molecular formula is C42H56N6O7. The molecule has 0 bridgehead atoms. The number of nitrogens with one attached hydrogen (secondary N) is 3. The van der Waals surface area contributed by atoms with E-state index >= 15 is 0 Å². The highest BCUT2D eigenvalue weighted by Crippen LogP contribution is 2.34. The number of amides is 5. The van der Waals surface area contributed by atoms with E-state index in [4.69, 9.17) is 14.5 Å². The molecule has 2 aromatic carbocycles. The zero-order valence-electron chi connectivity index (χ0n) is 33.1. The van der Waals surface area contributed by atoms with Crippen LogP contribution in [-0.4, -0.2) is 84.4 Å². The minimum Gasteiger partial charge on any atom is -0.453 e. The molecule has 0 aromatic heterocycles. The van der Waals surface area contributed by atoms with E-state index < -0.39 is 30.1 Å². The summed E-state index contributed by atoms with van der Waals surface area (Å²) in [5.74, 6) is -1.68. The lowest BCUT2D eigenvalue weighted by molar-refractivity contribution is -0.147. The van der Waals surface area contributed by atoms with Gasteiger partial charge in [0.2, 0.25) is 17.7 Å². The van der Waals surface area contributed by atoms with Gasteiger partial charge >= 0.3 is 12.2 Å². The van der Waals surface area contributed by atoms with Gasteiger partial charge < -0.3 is 25.0 Å². The summed E-state index contributed by atoms with van der Waals surface area (Å²) in [6.45, 7) is 9.99. The molecular weight excluding hydrogens is 700 g/mol. The van der Waals surface area contributed by atoms with Crippen LogP contribution < -0.4 is 16.1 Å². The molecule has 5 rings (SSSR count). The number of allylic oxidation sites excluding steroid dienone is 1. The number of aliphatic imine (C=N–C) groups is 1. The van der Waals surface area contributed by atoms with Gasteiger partial charge in [0.05, 0.1) is 32.2 Å². The van der Waals surface area contributed by atoms with Crippen LogP contribution in [0.1, 0.15) is 96.7 Å². The summed E-state index contributed by atoms with van der Waals surface area (Å²) in [4.78, 5) is 71.2. The van der Waals surface area contributed by atoms with Crippen molar-refractivity contribution in [2.75, 3.05) is 20.8 Å². The maximum absolute atomic E-state index is 13.6. The monoisotopic (exact) mass is 756 g/mol. The first-order valence-electron chi connectivity index (χ1n) is 19.4. The Kier molecular flexibility index (Phi) is 13.7. The fraction of sp³-hybridized carbons (Fsp3) is 0.524. The Morgan fingerprint density at radius 3 is 1.96 bits per heavy atom. The maximum Gasteiger partial charge on any atom is 0.425 e. The second kappa shape index (κ2) is 18.4. The third-order valence-electron chi connectivity index (χ3n) is 11.0. The van der Waals surface area contributed by atoms with Crippen LogP contribution in [0, 0.1) is 17.8 Å². The number of hydrogen-bond donors (Lipinski definition) is 3. The lowest BCUT2D eigenvalue weighted by atomic mass is 9.77. The number of benzene rings is 2. The van der Waals surface area contributed by atoms with Crippen LogP contribution in [0.4, 0.5) is 9.59 Å². The Labute approximate surface area is 324 Å². The molecule has 3 N–H and O–H groups in total. The Morgan fingerprint density at radius 2 is 1.36 bits per heavy atom. The topological polar surface area (TPSA) is 159 Å². The normalized spacial score (nSPS) is 20.6. The average Bonchev–Trinajstić information content (AvgIpc) is 3.89. The van der Waals surface area contributed by atoms with Gasteiger partial charge in [0.1, 0.15) is 6.04 Å². The minimum absolute atomic E-state index is 0.0922. The molecule has 55 heavy (non-hydrogen) atoms. The molecule has 2 aliphatic heterocycles. The lowest BCUT2D eigenvalue weighted by Gasteiger charge is -2.35. The smallest absolute Gasteiger partial charge is 0.425 e. The van der Waals surface area contributed by atoms with E-state index in [1.54, 1.807) is 13.8 Å². The standard InChI is InChI=1S/C42H56N6O7/c1-25(2)37(45-41(52)54-6)40(51)47-22-10-13-36(47)35-23-32(24-43-35)31-20-18-30(19-21-31)29-16-14-28(15-17-29)27(5)44-38(49)33-11-8-9-12-34(33)39(50)48(26(3)4)46-42(53)55-7/h14-21,24-27,33-34,36-37H,8-13,22-23H2,1-7H3,(H,44,49)(H,45,52)(H,46,53)/t27-,33?,34-,36+,37+/m1/s1. The number of hydrazine groups is 1. The molecule has 2 fully saturated rings. The van der Waals surface area contributed by atoms with Gasteiger partial charge in [-0.25, -0.2) is 20.0 Å². The van der Waals surface area contributed by atoms with Gasteiger partial charge in [-0.1, -0.05) is 75.2 Å². The summed E-state index contributed by atoms with van der Waals surface area (Å²) in [5, 5.41) is 7.12. The van der Waals surface area contributed by atoms with Crippen molar-refractivity contribution in [2.45, 2.75) is 104 Å².